The Morgan fingerprint density at radius 3 is 2.46 bits per heavy atom. The number of hydrogen-bond acceptors (Lipinski definition) is 6. The number of Topliss-reactive ketones (excluding diaryl/α,β-unsaturated/α-hetero) is 1. The average Bonchev–Trinajstić information content (AvgIpc) is 3.05. The van der Waals surface area contributed by atoms with Crippen molar-refractivity contribution in [2.75, 3.05) is 5.75 Å². The number of nitriles is 1. The second kappa shape index (κ2) is 8.72. The Morgan fingerprint density at radius 2 is 1.82 bits per heavy atom. The second-order valence-corrected chi connectivity index (χ2v) is 7.31. The third-order valence-corrected chi connectivity index (χ3v) is 5.37. The Kier molecular flexibility index (Phi) is 6.12. The first kappa shape index (κ1) is 19.6. The van der Waals surface area contributed by atoms with Crippen molar-refractivity contribution in [3.05, 3.63) is 70.5 Å². The summed E-state index contributed by atoms with van der Waals surface area (Å²) < 4.78 is 7.78. The summed E-state index contributed by atoms with van der Waals surface area (Å²) in [7, 11) is 1.86. The van der Waals surface area contributed by atoms with E-state index in [-0.39, 0.29) is 11.5 Å². The van der Waals surface area contributed by atoms with Gasteiger partial charge in [0.15, 0.2) is 16.8 Å². The van der Waals surface area contributed by atoms with E-state index in [1.165, 1.54) is 11.8 Å². The van der Waals surface area contributed by atoms with Crippen molar-refractivity contribution in [3.8, 4) is 11.8 Å². The highest BCUT2D eigenvalue weighted by atomic mass is 32.2. The van der Waals surface area contributed by atoms with Gasteiger partial charge >= 0.3 is 0 Å². The summed E-state index contributed by atoms with van der Waals surface area (Å²) in [6.07, 6.45) is 0. The molecule has 0 bridgehead atoms. The fourth-order valence-corrected chi connectivity index (χ4v) is 3.53. The second-order valence-electron chi connectivity index (χ2n) is 6.37. The van der Waals surface area contributed by atoms with Gasteiger partial charge < -0.3 is 9.30 Å². The number of para-hydroxylation sites is 1. The molecule has 3 aromatic rings. The molecule has 0 aliphatic rings. The molecule has 0 unspecified atom stereocenters. The number of benzene rings is 2. The molecule has 0 atom stereocenters. The van der Waals surface area contributed by atoms with Crippen LogP contribution in [0.5, 0.6) is 5.75 Å². The molecular weight excluding hydrogens is 372 g/mol. The van der Waals surface area contributed by atoms with Crippen molar-refractivity contribution in [2.24, 2.45) is 7.05 Å². The minimum absolute atomic E-state index is 0.0224. The SMILES string of the molecule is Cc1cccc(C)c1OCc1nnc(SCC(=O)c2ccc(C#N)cc2)n1C. The predicted molar refractivity (Wildman–Crippen MR) is 107 cm³/mol. The van der Waals surface area contributed by atoms with E-state index in [1.807, 2.05) is 49.7 Å². The Hall–Kier alpha value is -3.11. The van der Waals surface area contributed by atoms with Crippen molar-refractivity contribution < 1.29 is 9.53 Å². The lowest BCUT2D eigenvalue weighted by Crippen LogP contribution is -2.07. The molecule has 0 saturated heterocycles. The van der Waals surface area contributed by atoms with Gasteiger partial charge in [0, 0.05) is 12.6 Å². The van der Waals surface area contributed by atoms with Crippen LogP contribution in [-0.4, -0.2) is 26.3 Å². The van der Waals surface area contributed by atoms with Crippen LogP contribution in [-0.2, 0) is 13.7 Å². The number of aromatic nitrogens is 3. The summed E-state index contributed by atoms with van der Waals surface area (Å²) in [6.45, 7) is 4.32. The molecule has 0 radical (unpaired) electrons. The molecule has 3 rings (SSSR count). The van der Waals surface area contributed by atoms with E-state index in [9.17, 15) is 4.79 Å². The van der Waals surface area contributed by atoms with Gasteiger partial charge in [-0.3, -0.25) is 4.79 Å². The summed E-state index contributed by atoms with van der Waals surface area (Å²) in [5, 5.41) is 17.8. The summed E-state index contributed by atoms with van der Waals surface area (Å²) in [5.41, 5.74) is 3.26. The lowest BCUT2D eigenvalue weighted by atomic mass is 10.1. The minimum atomic E-state index is -0.0224. The molecule has 142 valence electrons. The van der Waals surface area contributed by atoms with Crippen LogP contribution < -0.4 is 4.74 Å². The zero-order valence-corrected chi connectivity index (χ0v) is 16.8. The van der Waals surface area contributed by atoms with Gasteiger partial charge in [-0.05, 0) is 37.1 Å². The first-order valence-corrected chi connectivity index (χ1v) is 9.71. The van der Waals surface area contributed by atoms with Gasteiger partial charge in [-0.1, -0.05) is 42.1 Å². The van der Waals surface area contributed by atoms with Gasteiger partial charge in [0.05, 0.1) is 17.4 Å². The molecular formula is C21H20N4O2S. The molecule has 0 N–H and O–H groups in total. The first-order chi connectivity index (χ1) is 13.5. The zero-order valence-electron chi connectivity index (χ0n) is 16.0. The van der Waals surface area contributed by atoms with Crippen LogP contribution in [0.4, 0.5) is 0 Å². The third kappa shape index (κ3) is 4.41. The van der Waals surface area contributed by atoms with Crippen LogP contribution in [0, 0.1) is 25.2 Å². The summed E-state index contributed by atoms with van der Waals surface area (Å²) >= 11 is 1.33. The highest BCUT2D eigenvalue weighted by Gasteiger charge is 2.14. The number of aryl methyl sites for hydroxylation is 2. The Bertz CT molecular complexity index is 1020. The molecule has 6 nitrogen and oxygen atoms in total. The number of ether oxygens (including phenoxy) is 1. The van der Waals surface area contributed by atoms with Crippen LogP contribution in [0.2, 0.25) is 0 Å². The highest BCUT2D eigenvalue weighted by molar-refractivity contribution is 7.99. The third-order valence-electron chi connectivity index (χ3n) is 4.35. The van der Waals surface area contributed by atoms with E-state index >= 15 is 0 Å². The van der Waals surface area contributed by atoms with Gasteiger partial charge in [-0.25, -0.2) is 0 Å². The standard InChI is InChI=1S/C21H20N4O2S/c1-14-5-4-6-15(2)20(14)27-12-19-23-24-21(25(19)3)28-13-18(26)17-9-7-16(11-22)8-10-17/h4-10H,12-13H2,1-3H3. The lowest BCUT2D eigenvalue weighted by Gasteiger charge is -2.11. The maximum absolute atomic E-state index is 12.3. The Balaban J connectivity index is 1.61. The maximum Gasteiger partial charge on any atom is 0.191 e. The molecule has 1 heterocycles. The predicted octanol–water partition coefficient (Wildman–Crippen LogP) is 3.86. The van der Waals surface area contributed by atoms with E-state index in [2.05, 4.69) is 10.2 Å². The number of ketones is 1. The van der Waals surface area contributed by atoms with E-state index in [0.717, 1.165) is 16.9 Å². The number of nitrogens with zero attached hydrogens (tertiary/aromatic N) is 4. The highest BCUT2D eigenvalue weighted by Crippen LogP contribution is 2.24. The molecule has 2 aromatic carbocycles. The fraction of sp³-hybridized carbons (Fsp3) is 0.238. The van der Waals surface area contributed by atoms with Crippen molar-refractivity contribution in [1.29, 1.82) is 5.26 Å². The number of carbonyl (C=O) groups is 1. The van der Waals surface area contributed by atoms with E-state index in [1.54, 1.807) is 24.3 Å². The normalized spacial score (nSPS) is 10.5. The number of thioether (sulfide) groups is 1. The first-order valence-electron chi connectivity index (χ1n) is 8.73. The van der Waals surface area contributed by atoms with Gasteiger partial charge in [-0.2, -0.15) is 5.26 Å². The number of hydrogen-bond donors (Lipinski definition) is 0. The van der Waals surface area contributed by atoms with Gasteiger partial charge in [0.25, 0.3) is 0 Å². The molecule has 0 saturated carbocycles. The lowest BCUT2D eigenvalue weighted by molar-refractivity contribution is 0.102. The van der Waals surface area contributed by atoms with Crippen LogP contribution in [0.3, 0.4) is 0 Å². The van der Waals surface area contributed by atoms with Crippen molar-refractivity contribution in [1.82, 2.24) is 14.8 Å². The molecule has 0 aliphatic heterocycles. The fourth-order valence-electron chi connectivity index (χ4n) is 2.70. The summed E-state index contributed by atoms with van der Waals surface area (Å²) in [4.78, 5) is 12.3. The van der Waals surface area contributed by atoms with Crippen LogP contribution in [0.1, 0.15) is 32.9 Å². The molecule has 0 spiro atoms. The average molecular weight is 392 g/mol. The summed E-state index contributed by atoms with van der Waals surface area (Å²) in [5.74, 6) is 1.77. The topological polar surface area (TPSA) is 80.8 Å². The molecule has 0 aliphatic carbocycles. The van der Waals surface area contributed by atoms with E-state index in [0.29, 0.717) is 28.7 Å². The zero-order chi connectivity index (χ0) is 20.1. The molecule has 0 amide bonds. The van der Waals surface area contributed by atoms with Crippen LogP contribution in [0.25, 0.3) is 0 Å². The smallest absolute Gasteiger partial charge is 0.191 e. The van der Waals surface area contributed by atoms with Crippen LogP contribution >= 0.6 is 11.8 Å². The summed E-state index contributed by atoms with van der Waals surface area (Å²) in [6, 6.07) is 14.7. The minimum Gasteiger partial charge on any atom is -0.485 e. The largest absolute Gasteiger partial charge is 0.485 e. The maximum atomic E-state index is 12.3. The molecule has 28 heavy (non-hydrogen) atoms. The van der Waals surface area contributed by atoms with Crippen molar-refractivity contribution in [3.63, 3.8) is 0 Å². The van der Waals surface area contributed by atoms with Gasteiger partial charge in [0.2, 0.25) is 0 Å². The van der Waals surface area contributed by atoms with Gasteiger partial charge in [-0.15, -0.1) is 10.2 Å². The Morgan fingerprint density at radius 1 is 1.14 bits per heavy atom. The van der Waals surface area contributed by atoms with Crippen molar-refractivity contribution in [2.45, 2.75) is 25.6 Å². The quantitative estimate of drug-likeness (QED) is 0.449. The van der Waals surface area contributed by atoms with Gasteiger partial charge in [0.1, 0.15) is 12.4 Å². The van der Waals surface area contributed by atoms with E-state index < -0.39 is 0 Å². The van der Waals surface area contributed by atoms with E-state index in [4.69, 9.17) is 10.00 Å². The number of rotatable bonds is 7. The monoisotopic (exact) mass is 392 g/mol. The van der Waals surface area contributed by atoms with Crippen LogP contribution in [0.15, 0.2) is 47.6 Å². The van der Waals surface area contributed by atoms with Crippen molar-refractivity contribution >= 4 is 17.5 Å². The number of carbonyl (C=O) groups excluding carboxylic acids is 1. The molecule has 7 heteroatoms. The Labute approximate surface area is 168 Å². The molecule has 1 aromatic heterocycles. The molecule has 0 fully saturated rings.